The number of nitrogens with one attached hydrogen (secondary N) is 1. The zero-order valence-electron chi connectivity index (χ0n) is 12.3. The maximum Gasteiger partial charge on any atom is 0.246 e. The number of hydrogen-bond acceptors (Lipinski definition) is 2. The van der Waals surface area contributed by atoms with E-state index >= 15 is 0 Å². The number of rotatable bonds is 3. The monoisotopic (exact) mass is 266 g/mol. The Morgan fingerprint density at radius 1 is 1.26 bits per heavy atom. The molecule has 2 aliphatic rings. The van der Waals surface area contributed by atoms with Crippen molar-refractivity contribution >= 4 is 11.8 Å². The third kappa shape index (κ3) is 2.93. The van der Waals surface area contributed by atoms with Gasteiger partial charge in [0.15, 0.2) is 0 Å². The first-order valence-electron chi connectivity index (χ1n) is 7.64. The summed E-state index contributed by atoms with van der Waals surface area (Å²) in [6.07, 6.45) is 5.79. The zero-order valence-corrected chi connectivity index (χ0v) is 12.3. The maximum atomic E-state index is 12.6. The Kier molecular flexibility index (Phi) is 4.48. The Labute approximate surface area is 115 Å². The minimum atomic E-state index is -0.333. The third-order valence-corrected chi connectivity index (χ3v) is 4.64. The fourth-order valence-corrected chi connectivity index (χ4v) is 3.50. The highest BCUT2D eigenvalue weighted by molar-refractivity contribution is 5.95. The minimum absolute atomic E-state index is 0.00118. The first-order chi connectivity index (χ1) is 9.04. The van der Waals surface area contributed by atoms with Gasteiger partial charge < -0.3 is 10.2 Å². The van der Waals surface area contributed by atoms with Crippen LogP contribution in [0.2, 0.25) is 0 Å². The number of piperazine rings is 1. The summed E-state index contributed by atoms with van der Waals surface area (Å²) in [5, 5.41) is 2.84. The van der Waals surface area contributed by atoms with Crippen molar-refractivity contribution in [3.05, 3.63) is 0 Å². The normalized spacial score (nSPS) is 32.6. The average Bonchev–Trinajstić information content (AvgIpc) is 2.40. The van der Waals surface area contributed by atoms with Crippen molar-refractivity contribution in [1.82, 2.24) is 10.2 Å². The lowest BCUT2D eigenvalue weighted by Gasteiger charge is -2.44. The Morgan fingerprint density at radius 3 is 2.58 bits per heavy atom. The Bertz CT molecular complexity index is 354. The van der Waals surface area contributed by atoms with Crippen LogP contribution in [0.4, 0.5) is 0 Å². The van der Waals surface area contributed by atoms with Crippen molar-refractivity contribution in [3.63, 3.8) is 0 Å². The SMILES string of the molecule is CCC1CCCCC1N1CC(=O)NC(C(C)C)C1=O. The number of amides is 2. The van der Waals surface area contributed by atoms with E-state index in [-0.39, 0.29) is 36.4 Å². The predicted octanol–water partition coefficient (Wildman–Crippen LogP) is 1.94. The quantitative estimate of drug-likeness (QED) is 0.848. The molecule has 1 saturated heterocycles. The van der Waals surface area contributed by atoms with Crippen LogP contribution < -0.4 is 5.32 Å². The van der Waals surface area contributed by atoms with Crippen LogP contribution in [-0.4, -0.2) is 35.3 Å². The van der Waals surface area contributed by atoms with Gasteiger partial charge in [-0.05, 0) is 24.7 Å². The topological polar surface area (TPSA) is 49.4 Å². The lowest BCUT2D eigenvalue weighted by molar-refractivity contribution is -0.150. The van der Waals surface area contributed by atoms with Gasteiger partial charge in [-0.1, -0.05) is 40.0 Å². The smallest absolute Gasteiger partial charge is 0.246 e. The fourth-order valence-electron chi connectivity index (χ4n) is 3.50. The zero-order chi connectivity index (χ0) is 14.0. The number of hydrogen-bond donors (Lipinski definition) is 1. The molecule has 2 fully saturated rings. The van der Waals surface area contributed by atoms with Crippen LogP contribution in [0.15, 0.2) is 0 Å². The van der Waals surface area contributed by atoms with E-state index in [4.69, 9.17) is 0 Å². The van der Waals surface area contributed by atoms with Gasteiger partial charge in [0, 0.05) is 6.04 Å². The lowest BCUT2D eigenvalue weighted by Crippen LogP contribution is -2.63. The predicted molar refractivity (Wildman–Crippen MR) is 74.5 cm³/mol. The van der Waals surface area contributed by atoms with Gasteiger partial charge in [0.05, 0.1) is 6.54 Å². The molecule has 19 heavy (non-hydrogen) atoms. The maximum absolute atomic E-state index is 12.6. The molecule has 1 aliphatic heterocycles. The second-order valence-electron chi connectivity index (χ2n) is 6.28. The molecule has 1 aliphatic carbocycles. The second kappa shape index (κ2) is 5.93. The van der Waals surface area contributed by atoms with Crippen LogP contribution in [0.25, 0.3) is 0 Å². The second-order valence-corrected chi connectivity index (χ2v) is 6.28. The van der Waals surface area contributed by atoms with E-state index in [1.54, 1.807) is 0 Å². The molecule has 2 rings (SSSR count). The molecule has 3 atom stereocenters. The van der Waals surface area contributed by atoms with Crippen LogP contribution in [0.3, 0.4) is 0 Å². The molecule has 0 aromatic heterocycles. The molecule has 1 saturated carbocycles. The Hall–Kier alpha value is -1.06. The van der Waals surface area contributed by atoms with Crippen LogP contribution in [0, 0.1) is 11.8 Å². The molecule has 4 nitrogen and oxygen atoms in total. The summed E-state index contributed by atoms with van der Waals surface area (Å²) in [6, 6.07) is -0.0563. The summed E-state index contributed by atoms with van der Waals surface area (Å²) in [6.45, 7) is 6.43. The summed E-state index contributed by atoms with van der Waals surface area (Å²) in [7, 11) is 0. The summed E-state index contributed by atoms with van der Waals surface area (Å²) in [5.41, 5.74) is 0. The molecule has 4 heteroatoms. The van der Waals surface area contributed by atoms with Gasteiger partial charge in [-0.2, -0.15) is 0 Å². The first kappa shape index (κ1) is 14.4. The van der Waals surface area contributed by atoms with Gasteiger partial charge >= 0.3 is 0 Å². The Morgan fingerprint density at radius 2 is 1.95 bits per heavy atom. The highest BCUT2D eigenvalue weighted by Gasteiger charge is 2.40. The largest absolute Gasteiger partial charge is 0.343 e. The van der Waals surface area contributed by atoms with Crippen molar-refractivity contribution in [2.24, 2.45) is 11.8 Å². The van der Waals surface area contributed by atoms with Crippen LogP contribution in [-0.2, 0) is 9.59 Å². The molecule has 3 unspecified atom stereocenters. The van der Waals surface area contributed by atoms with E-state index < -0.39 is 0 Å². The average molecular weight is 266 g/mol. The molecule has 1 heterocycles. The van der Waals surface area contributed by atoms with E-state index in [9.17, 15) is 9.59 Å². The lowest BCUT2D eigenvalue weighted by atomic mass is 9.81. The van der Waals surface area contributed by atoms with Crippen LogP contribution in [0.5, 0.6) is 0 Å². The van der Waals surface area contributed by atoms with E-state index in [0.29, 0.717) is 5.92 Å². The number of carbonyl (C=O) groups excluding carboxylic acids is 2. The fraction of sp³-hybridized carbons (Fsp3) is 0.867. The van der Waals surface area contributed by atoms with Crippen LogP contribution >= 0.6 is 0 Å². The van der Waals surface area contributed by atoms with Gasteiger partial charge in [0.25, 0.3) is 0 Å². The van der Waals surface area contributed by atoms with Crippen molar-refractivity contribution in [1.29, 1.82) is 0 Å². The van der Waals surface area contributed by atoms with E-state index in [1.807, 2.05) is 18.7 Å². The van der Waals surface area contributed by atoms with Gasteiger partial charge in [-0.25, -0.2) is 0 Å². The van der Waals surface area contributed by atoms with Crippen molar-refractivity contribution in [2.45, 2.75) is 65.0 Å². The van der Waals surface area contributed by atoms with Gasteiger partial charge in [0.2, 0.25) is 11.8 Å². The van der Waals surface area contributed by atoms with Crippen LogP contribution in [0.1, 0.15) is 52.9 Å². The molecular weight excluding hydrogens is 240 g/mol. The molecule has 0 aromatic carbocycles. The molecule has 2 amide bonds. The third-order valence-electron chi connectivity index (χ3n) is 4.64. The van der Waals surface area contributed by atoms with Crippen molar-refractivity contribution in [3.8, 4) is 0 Å². The van der Waals surface area contributed by atoms with E-state index in [1.165, 1.54) is 19.3 Å². The molecule has 1 N–H and O–H groups in total. The summed E-state index contributed by atoms with van der Waals surface area (Å²) < 4.78 is 0. The van der Waals surface area contributed by atoms with Gasteiger partial charge in [-0.3, -0.25) is 9.59 Å². The summed E-state index contributed by atoms with van der Waals surface area (Å²) >= 11 is 0. The molecule has 0 radical (unpaired) electrons. The molecule has 0 spiro atoms. The minimum Gasteiger partial charge on any atom is -0.343 e. The van der Waals surface area contributed by atoms with Gasteiger partial charge in [0.1, 0.15) is 6.04 Å². The van der Waals surface area contributed by atoms with E-state index in [2.05, 4.69) is 12.2 Å². The first-order valence-corrected chi connectivity index (χ1v) is 7.64. The molecule has 108 valence electrons. The molecule has 0 bridgehead atoms. The van der Waals surface area contributed by atoms with Gasteiger partial charge in [-0.15, -0.1) is 0 Å². The number of nitrogens with zero attached hydrogens (tertiary/aromatic N) is 1. The van der Waals surface area contributed by atoms with Crippen molar-refractivity contribution in [2.75, 3.05) is 6.54 Å². The molecular formula is C15H26N2O2. The summed E-state index contributed by atoms with van der Waals surface area (Å²) in [4.78, 5) is 26.3. The Balaban J connectivity index is 2.16. The summed E-state index contributed by atoms with van der Waals surface area (Å²) in [5.74, 6) is 0.845. The standard InChI is InChI=1S/C15H26N2O2/c1-4-11-7-5-6-8-12(11)17-9-13(18)16-14(10(2)3)15(17)19/h10-12,14H,4-9H2,1-3H3,(H,16,18). The van der Waals surface area contributed by atoms with E-state index in [0.717, 1.165) is 12.8 Å². The highest BCUT2D eigenvalue weighted by atomic mass is 16.2. The highest BCUT2D eigenvalue weighted by Crippen LogP contribution is 2.32. The van der Waals surface area contributed by atoms with Crippen molar-refractivity contribution < 1.29 is 9.59 Å². The molecule has 0 aromatic rings. The number of carbonyl (C=O) groups is 2.